The molecule has 29 heavy (non-hydrogen) atoms. The molecule has 0 aromatic heterocycles. The second-order valence-electron chi connectivity index (χ2n) is 5.93. The van der Waals surface area contributed by atoms with Gasteiger partial charge in [0.2, 0.25) is 0 Å². The average molecular weight is 395 g/mol. The number of amidine groups is 2. The largest absolute Gasteiger partial charge is 0.461 e. The zero-order chi connectivity index (χ0) is 20.5. The fourth-order valence-corrected chi connectivity index (χ4v) is 2.18. The van der Waals surface area contributed by atoms with E-state index in [-0.39, 0.29) is 25.3 Å². The number of benzene rings is 2. The van der Waals surface area contributed by atoms with Crippen molar-refractivity contribution in [2.45, 2.75) is 13.3 Å². The van der Waals surface area contributed by atoms with Crippen LogP contribution in [-0.2, 0) is 14.3 Å². The van der Waals surface area contributed by atoms with Crippen molar-refractivity contribution in [2.75, 3.05) is 13.2 Å². The van der Waals surface area contributed by atoms with Crippen LogP contribution in [-0.4, -0.2) is 37.6 Å². The van der Waals surface area contributed by atoms with Gasteiger partial charge in [-0.2, -0.15) is 9.98 Å². The van der Waals surface area contributed by atoms with E-state index in [0.29, 0.717) is 17.1 Å². The van der Waals surface area contributed by atoms with Crippen LogP contribution in [0, 0.1) is 0 Å². The Balaban J connectivity index is 1.64. The summed E-state index contributed by atoms with van der Waals surface area (Å²) in [6.45, 7) is 5.23. The molecule has 0 aliphatic carbocycles. The topological polar surface area (TPSA) is 90.7 Å². The molecule has 1 aliphatic rings. The summed E-state index contributed by atoms with van der Waals surface area (Å²) in [7, 11) is 0. The van der Waals surface area contributed by atoms with Crippen molar-refractivity contribution in [3.63, 3.8) is 0 Å². The highest BCUT2D eigenvalue weighted by Crippen LogP contribution is 2.15. The van der Waals surface area contributed by atoms with Crippen LogP contribution in [0.2, 0.25) is 0 Å². The number of ether oxygens (including phenoxy) is 4. The number of carbonyl (C=O) groups excluding carboxylic acids is 1. The number of nitrogens with zero attached hydrogens (tertiary/aromatic N) is 2. The van der Waals surface area contributed by atoms with Crippen molar-refractivity contribution in [3.8, 4) is 11.5 Å². The first-order valence-electron chi connectivity index (χ1n) is 8.93. The van der Waals surface area contributed by atoms with Crippen LogP contribution in [0.15, 0.2) is 82.8 Å². The molecule has 0 bridgehead atoms. The van der Waals surface area contributed by atoms with Crippen molar-refractivity contribution >= 4 is 18.0 Å². The number of hydrogen-bond acceptors (Lipinski definition) is 8. The Morgan fingerprint density at radius 3 is 2.24 bits per heavy atom. The molecule has 0 radical (unpaired) electrons. The summed E-state index contributed by atoms with van der Waals surface area (Å²) in [5, 5.41) is 2.85. The van der Waals surface area contributed by atoms with Gasteiger partial charge in [0.1, 0.15) is 24.7 Å². The molecule has 8 heteroatoms. The fourth-order valence-electron chi connectivity index (χ4n) is 2.18. The molecule has 1 N–H and O–H groups in total. The lowest BCUT2D eigenvalue weighted by molar-refractivity contribution is -0.139. The maximum atomic E-state index is 11.4. The molecule has 0 saturated heterocycles. The van der Waals surface area contributed by atoms with Crippen LogP contribution in [0.3, 0.4) is 0 Å². The summed E-state index contributed by atoms with van der Waals surface area (Å²) in [6, 6.07) is 18.6. The van der Waals surface area contributed by atoms with E-state index in [1.165, 1.54) is 0 Å². The third-order valence-electron chi connectivity index (χ3n) is 3.52. The highest BCUT2D eigenvalue weighted by atomic mass is 16.6. The lowest BCUT2D eigenvalue weighted by Crippen LogP contribution is -2.42. The van der Waals surface area contributed by atoms with Crippen LogP contribution in [0.5, 0.6) is 11.5 Å². The minimum Gasteiger partial charge on any atom is -0.461 e. The van der Waals surface area contributed by atoms with E-state index in [9.17, 15) is 4.79 Å². The Morgan fingerprint density at radius 2 is 1.59 bits per heavy atom. The average Bonchev–Trinajstić information content (AvgIpc) is 2.72. The van der Waals surface area contributed by atoms with E-state index >= 15 is 0 Å². The highest BCUT2D eigenvalue weighted by Gasteiger charge is 2.21. The van der Waals surface area contributed by atoms with Gasteiger partial charge in [0.15, 0.2) is 0 Å². The Hall–Kier alpha value is -3.81. The van der Waals surface area contributed by atoms with Gasteiger partial charge >= 0.3 is 12.0 Å². The second-order valence-corrected chi connectivity index (χ2v) is 5.93. The minimum absolute atomic E-state index is 0.0443. The smallest absolute Gasteiger partial charge is 0.333 e. The zero-order valence-electron chi connectivity index (χ0n) is 15.9. The Bertz CT molecular complexity index is 897. The van der Waals surface area contributed by atoms with Gasteiger partial charge in [-0.25, -0.2) is 4.79 Å². The van der Waals surface area contributed by atoms with Crippen LogP contribution in [0.4, 0.5) is 0 Å². The van der Waals surface area contributed by atoms with Gasteiger partial charge in [-0.05, 0) is 31.2 Å². The van der Waals surface area contributed by atoms with E-state index in [4.69, 9.17) is 18.9 Å². The summed E-state index contributed by atoms with van der Waals surface area (Å²) in [6.07, 6.45) is -0.898. The van der Waals surface area contributed by atoms with Crippen molar-refractivity contribution in [1.29, 1.82) is 0 Å². The maximum Gasteiger partial charge on any atom is 0.333 e. The monoisotopic (exact) mass is 395 g/mol. The molecule has 0 spiro atoms. The number of nitrogens with one attached hydrogen (secondary N) is 1. The minimum atomic E-state index is -0.898. The number of para-hydroxylation sites is 2. The standard InChI is InChI=1S/C21H21N3O5/c1-15(2)18(25)26-13-14-27-19-22-20(28-16-9-5-3-6-10-16)24-21(23-19)29-17-11-7-4-8-12-17/h3-12,20H,1,13-14H2,2H3,(H,22,23,24). The predicted octanol–water partition coefficient (Wildman–Crippen LogP) is 2.88. The molecular formula is C21H21N3O5. The maximum absolute atomic E-state index is 11.4. The van der Waals surface area contributed by atoms with Crippen molar-refractivity contribution in [2.24, 2.45) is 9.98 Å². The Kier molecular flexibility index (Phi) is 6.83. The van der Waals surface area contributed by atoms with E-state index in [1.54, 1.807) is 31.2 Å². The van der Waals surface area contributed by atoms with Crippen LogP contribution in [0.1, 0.15) is 6.92 Å². The number of hydrogen-bond donors (Lipinski definition) is 1. The van der Waals surface area contributed by atoms with Crippen molar-refractivity contribution < 1.29 is 23.7 Å². The second kappa shape index (κ2) is 9.93. The van der Waals surface area contributed by atoms with Crippen LogP contribution in [0.25, 0.3) is 0 Å². The molecule has 2 aromatic rings. The molecular weight excluding hydrogens is 374 g/mol. The van der Waals surface area contributed by atoms with Gasteiger partial charge in [-0.1, -0.05) is 43.0 Å². The van der Waals surface area contributed by atoms with Gasteiger partial charge in [0.05, 0.1) is 0 Å². The summed E-state index contributed by atoms with van der Waals surface area (Å²) in [5.41, 5.74) is 0.320. The molecule has 1 atom stereocenters. The van der Waals surface area contributed by atoms with E-state index in [0.717, 1.165) is 0 Å². The molecule has 0 saturated carbocycles. The molecule has 1 heterocycles. The van der Waals surface area contributed by atoms with Gasteiger partial charge in [-0.3, -0.25) is 5.32 Å². The molecule has 3 rings (SSSR count). The first kappa shape index (κ1) is 19.9. The van der Waals surface area contributed by atoms with Gasteiger partial charge in [0.25, 0.3) is 12.4 Å². The van der Waals surface area contributed by atoms with Gasteiger partial charge in [0, 0.05) is 5.57 Å². The van der Waals surface area contributed by atoms with Crippen molar-refractivity contribution in [1.82, 2.24) is 5.32 Å². The SMILES string of the molecule is C=C(C)C(=O)OCCOC1=NC(Oc2ccccc2)N=C(Oc2ccccc2)N1. The van der Waals surface area contributed by atoms with Gasteiger partial charge in [-0.15, -0.1) is 0 Å². The lowest BCUT2D eigenvalue weighted by Gasteiger charge is -2.21. The fraction of sp³-hybridized carbons (Fsp3) is 0.190. The zero-order valence-corrected chi connectivity index (χ0v) is 15.9. The van der Waals surface area contributed by atoms with E-state index < -0.39 is 12.3 Å². The highest BCUT2D eigenvalue weighted by molar-refractivity contribution is 5.95. The first-order chi connectivity index (χ1) is 14.1. The van der Waals surface area contributed by atoms with E-state index in [1.807, 2.05) is 36.4 Å². The molecule has 8 nitrogen and oxygen atoms in total. The lowest BCUT2D eigenvalue weighted by atomic mass is 10.3. The summed E-state index contributed by atoms with van der Waals surface area (Å²) in [5.74, 6) is 0.710. The predicted molar refractivity (Wildman–Crippen MR) is 108 cm³/mol. The quantitative estimate of drug-likeness (QED) is 0.440. The Labute approximate surface area is 168 Å². The number of rotatable bonds is 7. The molecule has 0 amide bonds. The number of carbonyl (C=O) groups is 1. The summed E-state index contributed by atoms with van der Waals surface area (Å²) < 4.78 is 22.0. The third-order valence-corrected chi connectivity index (χ3v) is 3.52. The normalized spacial score (nSPS) is 15.3. The molecule has 150 valence electrons. The summed E-state index contributed by atoms with van der Waals surface area (Å²) >= 11 is 0. The van der Waals surface area contributed by atoms with Crippen LogP contribution < -0.4 is 14.8 Å². The molecule has 1 unspecified atom stereocenters. The summed E-state index contributed by atoms with van der Waals surface area (Å²) in [4.78, 5) is 20.0. The molecule has 1 aliphatic heterocycles. The number of esters is 1. The third kappa shape index (κ3) is 6.39. The number of aliphatic imine (C=N–C) groups is 2. The first-order valence-corrected chi connectivity index (χ1v) is 8.93. The van der Waals surface area contributed by atoms with Crippen molar-refractivity contribution in [3.05, 3.63) is 72.8 Å². The van der Waals surface area contributed by atoms with Gasteiger partial charge < -0.3 is 18.9 Å². The molecule has 2 aromatic carbocycles. The van der Waals surface area contributed by atoms with E-state index in [2.05, 4.69) is 21.9 Å². The Morgan fingerprint density at radius 1 is 0.966 bits per heavy atom. The van der Waals surface area contributed by atoms with Crippen LogP contribution >= 0.6 is 0 Å². The molecule has 0 fully saturated rings.